The lowest BCUT2D eigenvalue weighted by molar-refractivity contribution is 0.798. The van der Waals surface area contributed by atoms with Crippen LogP contribution in [-0.2, 0) is 0 Å². The summed E-state index contributed by atoms with van der Waals surface area (Å²) >= 11 is 0. The van der Waals surface area contributed by atoms with Crippen LogP contribution in [0, 0.1) is 27.7 Å². The minimum Gasteiger partial charge on any atom is -0.0839 e. The van der Waals surface area contributed by atoms with Gasteiger partial charge in [-0.15, -0.1) is 0 Å². The van der Waals surface area contributed by atoms with Crippen LogP contribution in [0.2, 0.25) is 0 Å². The maximum atomic E-state index is 2.50. The summed E-state index contributed by atoms with van der Waals surface area (Å²) in [4.78, 5) is 0. The van der Waals surface area contributed by atoms with Gasteiger partial charge in [0.05, 0.1) is 0 Å². The van der Waals surface area contributed by atoms with Crippen molar-refractivity contribution < 1.29 is 0 Å². The van der Waals surface area contributed by atoms with E-state index in [9.17, 15) is 0 Å². The van der Waals surface area contributed by atoms with E-state index in [2.05, 4.69) is 102 Å². The molecule has 0 aliphatic heterocycles. The highest BCUT2D eigenvalue weighted by molar-refractivity contribution is 7.49. The first-order valence-electron chi connectivity index (χ1n) is 11.7. The maximum absolute atomic E-state index is 2.50. The summed E-state index contributed by atoms with van der Waals surface area (Å²) in [7, 11) is 0.799. The Bertz CT molecular complexity index is 892. The largest absolute Gasteiger partial charge is 0.0839 e. The minimum absolute atomic E-state index is 0.279. The van der Waals surface area contributed by atoms with E-state index < -0.39 is 0 Å². The lowest BCUT2D eigenvalue weighted by Crippen LogP contribution is -2.20. The average Bonchev–Trinajstić information content (AvgIpc) is 2.62. The summed E-state index contributed by atoms with van der Waals surface area (Å²) in [5.74, 6) is 1.55. The van der Waals surface area contributed by atoms with Gasteiger partial charge in [0.15, 0.2) is 0 Å². The topological polar surface area (TPSA) is 0 Å². The summed E-state index contributed by atoms with van der Waals surface area (Å²) in [5.41, 5.74) is 13.5. The standard InChI is InChI=1S/C29H45P/c1-16(2)23-14-24(17(3)4)27(25(15-23)18(5)6)26-21(9)19(7)20(8)22(10)28(26)30-29(11,12)13/h14-18,30H,1-13H3. The maximum Gasteiger partial charge on any atom is -0.00689 e. The van der Waals surface area contributed by atoms with Gasteiger partial charge in [0.2, 0.25) is 0 Å². The average molecular weight is 425 g/mol. The molecule has 0 bridgehead atoms. The molecule has 0 amide bonds. The zero-order valence-corrected chi connectivity index (χ0v) is 22.9. The van der Waals surface area contributed by atoms with E-state index in [-0.39, 0.29) is 5.16 Å². The molecule has 2 aromatic rings. The van der Waals surface area contributed by atoms with E-state index in [0.29, 0.717) is 17.8 Å². The Morgan fingerprint density at radius 2 is 1.03 bits per heavy atom. The van der Waals surface area contributed by atoms with E-state index >= 15 is 0 Å². The minimum atomic E-state index is 0.279. The van der Waals surface area contributed by atoms with E-state index in [4.69, 9.17) is 0 Å². The van der Waals surface area contributed by atoms with Crippen LogP contribution in [0.4, 0.5) is 0 Å². The van der Waals surface area contributed by atoms with Crippen molar-refractivity contribution >= 4 is 13.9 Å². The highest BCUT2D eigenvalue weighted by Crippen LogP contribution is 2.44. The van der Waals surface area contributed by atoms with Crippen molar-refractivity contribution in [3.8, 4) is 11.1 Å². The van der Waals surface area contributed by atoms with Crippen LogP contribution in [0.1, 0.15) is 119 Å². The Morgan fingerprint density at radius 3 is 1.40 bits per heavy atom. The number of hydrogen-bond donors (Lipinski definition) is 0. The fraction of sp³-hybridized carbons (Fsp3) is 0.586. The monoisotopic (exact) mass is 424 g/mol. The molecule has 0 aromatic heterocycles. The van der Waals surface area contributed by atoms with Crippen molar-refractivity contribution in [3.63, 3.8) is 0 Å². The summed E-state index contributed by atoms with van der Waals surface area (Å²) in [6.07, 6.45) is 0. The Kier molecular flexibility index (Phi) is 7.67. The Hall–Kier alpha value is -1.13. The number of rotatable bonds is 5. The third-order valence-corrected chi connectivity index (χ3v) is 8.19. The van der Waals surface area contributed by atoms with Gasteiger partial charge < -0.3 is 0 Å². The molecule has 1 heteroatoms. The number of hydrogen-bond acceptors (Lipinski definition) is 0. The highest BCUT2D eigenvalue weighted by Gasteiger charge is 2.26. The van der Waals surface area contributed by atoms with Crippen molar-refractivity contribution in [1.29, 1.82) is 0 Å². The van der Waals surface area contributed by atoms with Gasteiger partial charge >= 0.3 is 0 Å². The third-order valence-electron chi connectivity index (χ3n) is 6.57. The molecule has 0 saturated heterocycles. The van der Waals surface area contributed by atoms with Crippen molar-refractivity contribution in [3.05, 3.63) is 51.1 Å². The summed E-state index contributed by atoms with van der Waals surface area (Å²) in [5, 5.41) is 1.87. The molecule has 166 valence electrons. The summed E-state index contributed by atoms with van der Waals surface area (Å²) < 4.78 is 0. The second-order valence-electron chi connectivity index (χ2n) is 11.2. The van der Waals surface area contributed by atoms with E-state index in [1.165, 1.54) is 50.1 Å². The molecule has 0 aliphatic rings. The van der Waals surface area contributed by atoms with E-state index in [1.54, 1.807) is 5.30 Å². The molecule has 0 nitrogen and oxygen atoms in total. The van der Waals surface area contributed by atoms with Crippen LogP contribution in [0.25, 0.3) is 11.1 Å². The van der Waals surface area contributed by atoms with Crippen LogP contribution >= 0.6 is 8.58 Å². The lowest BCUT2D eigenvalue weighted by atomic mass is 9.79. The van der Waals surface area contributed by atoms with Crippen molar-refractivity contribution in [2.24, 2.45) is 0 Å². The normalized spacial score (nSPS) is 12.9. The van der Waals surface area contributed by atoms with Crippen LogP contribution in [0.5, 0.6) is 0 Å². The fourth-order valence-corrected chi connectivity index (χ4v) is 5.96. The van der Waals surface area contributed by atoms with Crippen LogP contribution < -0.4 is 5.30 Å². The van der Waals surface area contributed by atoms with Gasteiger partial charge in [-0.3, -0.25) is 0 Å². The molecule has 2 aromatic carbocycles. The van der Waals surface area contributed by atoms with E-state index in [0.717, 1.165) is 8.58 Å². The molecular weight excluding hydrogens is 379 g/mol. The van der Waals surface area contributed by atoms with Gasteiger partial charge in [-0.25, -0.2) is 0 Å². The first-order valence-corrected chi connectivity index (χ1v) is 12.7. The van der Waals surface area contributed by atoms with Gasteiger partial charge in [-0.1, -0.05) is 83.0 Å². The SMILES string of the molecule is Cc1c(C)c(C)c(-c2c(C(C)C)cc(C(C)C)cc2C(C)C)c(PC(C)(C)C)c1C. The quantitative estimate of drug-likeness (QED) is 0.420. The molecule has 0 aliphatic carbocycles. The molecule has 1 unspecified atom stereocenters. The van der Waals surface area contributed by atoms with Crippen LogP contribution in [0.3, 0.4) is 0 Å². The van der Waals surface area contributed by atoms with Crippen molar-refractivity contribution in [1.82, 2.24) is 0 Å². The van der Waals surface area contributed by atoms with Gasteiger partial charge in [0.1, 0.15) is 0 Å². The zero-order chi connectivity index (χ0) is 23.1. The molecule has 0 spiro atoms. The molecule has 30 heavy (non-hydrogen) atoms. The first kappa shape index (κ1) is 25.1. The molecule has 0 saturated carbocycles. The van der Waals surface area contributed by atoms with E-state index in [1.807, 2.05) is 0 Å². The van der Waals surface area contributed by atoms with Gasteiger partial charge in [-0.2, -0.15) is 0 Å². The second kappa shape index (κ2) is 9.16. The highest BCUT2D eigenvalue weighted by atomic mass is 31.1. The fourth-order valence-electron chi connectivity index (χ4n) is 4.40. The smallest absolute Gasteiger partial charge is 0.00689 e. The van der Waals surface area contributed by atoms with Crippen LogP contribution in [0.15, 0.2) is 12.1 Å². The molecule has 0 N–H and O–H groups in total. The van der Waals surface area contributed by atoms with Gasteiger partial charge in [-0.05, 0) is 106 Å². The van der Waals surface area contributed by atoms with Gasteiger partial charge in [0, 0.05) is 0 Å². The Morgan fingerprint density at radius 1 is 0.600 bits per heavy atom. The molecule has 0 radical (unpaired) electrons. The molecule has 0 fully saturated rings. The summed E-state index contributed by atoms with van der Waals surface area (Å²) in [6, 6.07) is 5.01. The van der Waals surface area contributed by atoms with Gasteiger partial charge in [0.25, 0.3) is 0 Å². The predicted octanol–water partition coefficient (Wildman–Crippen LogP) is 9.06. The number of benzene rings is 2. The molecule has 0 heterocycles. The molecule has 2 rings (SSSR count). The molecule has 1 atom stereocenters. The zero-order valence-electron chi connectivity index (χ0n) is 21.9. The van der Waals surface area contributed by atoms with Crippen LogP contribution in [-0.4, -0.2) is 5.16 Å². The lowest BCUT2D eigenvalue weighted by Gasteiger charge is -2.30. The second-order valence-corrected chi connectivity index (χ2v) is 13.4. The third kappa shape index (κ3) is 5.02. The Labute approximate surface area is 189 Å². The molecular formula is C29H45P. The Balaban J connectivity index is 3.10. The predicted molar refractivity (Wildman–Crippen MR) is 141 cm³/mol. The first-order chi connectivity index (χ1) is 13.7. The summed E-state index contributed by atoms with van der Waals surface area (Å²) in [6.45, 7) is 30.6. The van der Waals surface area contributed by atoms with Crippen molar-refractivity contribution in [2.75, 3.05) is 0 Å². The van der Waals surface area contributed by atoms with Crippen molar-refractivity contribution in [2.45, 2.75) is 113 Å².